The summed E-state index contributed by atoms with van der Waals surface area (Å²) < 4.78 is 0. The number of carbonyl (C=O) groups excluding carboxylic acids is 1. The number of nitrogens with one attached hydrogen (secondary N) is 1. The molecule has 0 saturated carbocycles. The molecule has 2 aromatic rings. The molecule has 2 saturated heterocycles. The molecule has 4 rings (SSSR count). The predicted molar refractivity (Wildman–Crippen MR) is 93.4 cm³/mol. The van der Waals surface area contributed by atoms with Crippen LogP contribution in [0.4, 0.5) is 0 Å². The molecule has 0 bridgehead atoms. The Labute approximate surface area is 142 Å². The smallest absolute Gasteiger partial charge is 0.220 e. The minimum atomic E-state index is -0.133. The van der Waals surface area contributed by atoms with E-state index in [4.69, 9.17) is 0 Å². The van der Waals surface area contributed by atoms with Gasteiger partial charge >= 0.3 is 0 Å². The highest BCUT2D eigenvalue weighted by Gasteiger charge is 2.49. The molecule has 1 amide bonds. The molecule has 1 aromatic heterocycles. The number of rotatable bonds is 3. The molecule has 1 N–H and O–H groups in total. The second kappa shape index (κ2) is 6.36. The van der Waals surface area contributed by atoms with Crippen LogP contribution in [0.3, 0.4) is 0 Å². The Kier molecular flexibility index (Phi) is 4.07. The highest BCUT2D eigenvalue weighted by atomic mass is 16.1. The van der Waals surface area contributed by atoms with Gasteiger partial charge in [0.2, 0.25) is 5.91 Å². The Morgan fingerprint density at radius 2 is 1.96 bits per heavy atom. The minimum absolute atomic E-state index is 0.133. The first kappa shape index (κ1) is 15.3. The predicted octanol–water partition coefficient (Wildman–Crippen LogP) is 2.72. The van der Waals surface area contributed by atoms with Crippen molar-refractivity contribution in [2.75, 3.05) is 13.1 Å². The van der Waals surface area contributed by atoms with E-state index in [1.165, 1.54) is 11.1 Å². The van der Waals surface area contributed by atoms with Gasteiger partial charge in [-0.2, -0.15) is 0 Å². The van der Waals surface area contributed by atoms with Crippen LogP contribution in [0.1, 0.15) is 36.3 Å². The summed E-state index contributed by atoms with van der Waals surface area (Å²) in [5.74, 6) is 0.523. The first-order valence-corrected chi connectivity index (χ1v) is 8.72. The summed E-state index contributed by atoms with van der Waals surface area (Å²) in [6, 6.07) is 14.8. The number of aromatic nitrogens is 1. The van der Waals surface area contributed by atoms with Crippen LogP contribution in [0.15, 0.2) is 54.9 Å². The minimum Gasteiger partial charge on any atom is -0.349 e. The quantitative estimate of drug-likeness (QED) is 0.945. The van der Waals surface area contributed by atoms with E-state index in [0.29, 0.717) is 12.3 Å². The van der Waals surface area contributed by atoms with E-state index in [9.17, 15) is 4.79 Å². The van der Waals surface area contributed by atoms with Gasteiger partial charge in [-0.05, 0) is 36.1 Å². The number of pyridine rings is 1. The molecule has 1 aromatic carbocycles. The third-order valence-corrected chi connectivity index (χ3v) is 5.39. The number of nitrogens with zero attached hydrogens (tertiary/aromatic N) is 2. The zero-order chi connectivity index (χ0) is 16.4. The van der Waals surface area contributed by atoms with Crippen molar-refractivity contribution in [3.8, 4) is 0 Å². The van der Waals surface area contributed by atoms with Gasteiger partial charge in [0, 0.05) is 44.4 Å². The lowest BCUT2D eigenvalue weighted by Gasteiger charge is -2.39. The van der Waals surface area contributed by atoms with Gasteiger partial charge in [-0.1, -0.05) is 30.3 Å². The van der Waals surface area contributed by atoms with Crippen LogP contribution in [0.25, 0.3) is 0 Å². The molecule has 2 fully saturated rings. The van der Waals surface area contributed by atoms with Gasteiger partial charge < -0.3 is 5.32 Å². The van der Waals surface area contributed by atoms with Crippen molar-refractivity contribution in [1.29, 1.82) is 0 Å². The Bertz CT molecular complexity index is 703. The summed E-state index contributed by atoms with van der Waals surface area (Å²) in [6.45, 7) is 2.82. The van der Waals surface area contributed by atoms with Crippen LogP contribution >= 0.6 is 0 Å². The molecule has 0 aliphatic carbocycles. The fourth-order valence-electron chi connectivity index (χ4n) is 4.34. The highest BCUT2D eigenvalue weighted by Crippen LogP contribution is 2.41. The van der Waals surface area contributed by atoms with Gasteiger partial charge in [0.05, 0.1) is 5.54 Å². The van der Waals surface area contributed by atoms with Crippen molar-refractivity contribution in [1.82, 2.24) is 15.2 Å². The maximum absolute atomic E-state index is 12.1. The molecule has 24 heavy (non-hydrogen) atoms. The normalized spacial score (nSPS) is 27.3. The first-order chi connectivity index (χ1) is 11.8. The van der Waals surface area contributed by atoms with E-state index >= 15 is 0 Å². The standard InChI is InChI=1S/C20H23N3O/c24-19-7-4-10-20(22-19)15-23(13-16-5-2-1-3-6-16)14-18(20)17-8-11-21-12-9-17/h1-3,5-6,8-9,11-12,18H,4,7,10,13-15H2,(H,22,24)/t18-,20+/m0/s1. The van der Waals surface area contributed by atoms with E-state index in [-0.39, 0.29) is 11.4 Å². The average Bonchev–Trinajstić information content (AvgIpc) is 2.93. The Hall–Kier alpha value is -2.20. The summed E-state index contributed by atoms with van der Waals surface area (Å²) in [5, 5.41) is 3.36. The second-order valence-electron chi connectivity index (χ2n) is 7.05. The van der Waals surface area contributed by atoms with Gasteiger partial charge in [0.25, 0.3) is 0 Å². The molecule has 4 nitrogen and oxygen atoms in total. The van der Waals surface area contributed by atoms with E-state index in [2.05, 4.69) is 57.7 Å². The summed E-state index contributed by atoms with van der Waals surface area (Å²) in [4.78, 5) is 18.8. The molecular formula is C20H23N3O. The lowest BCUT2D eigenvalue weighted by Crippen LogP contribution is -2.56. The summed E-state index contributed by atoms with van der Waals surface area (Å²) >= 11 is 0. The molecule has 0 unspecified atom stereocenters. The van der Waals surface area contributed by atoms with Crippen LogP contribution in [0, 0.1) is 0 Å². The molecule has 3 heterocycles. The molecule has 124 valence electrons. The average molecular weight is 321 g/mol. The number of benzene rings is 1. The van der Waals surface area contributed by atoms with Gasteiger partial charge in [0.1, 0.15) is 0 Å². The van der Waals surface area contributed by atoms with Crippen molar-refractivity contribution in [2.24, 2.45) is 0 Å². The molecule has 1 spiro atoms. The van der Waals surface area contributed by atoms with Crippen molar-refractivity contribution in [2.45, 2.75) is 37.3 Å². The number of piperidine rings is 1. The monoisotopic (exact) mass is 321 g/mol. The van der Waals surface area contributed by atoms with Crippen LogP contribution in [0.5, 0.6) is 0 Å². The number of hydrogen-bond acceptors (Lipinski definition) is 3. The first-order valence-electron chi connectivity index (χ1n) is 8.72. The highest BCUT2D eigenvalue weighted by molar-refractivity contribution is 5.78. The second-order valence-corrected chi connectivity index (χ2v) is 7.05. The zero-order valence-corrected chi connectivity index (χ0v) is 13.8. The Morgan fingerprint density at radius 1 is 1.17 bits per heavy atom. The Balaban J connectivity index is 1.61. The fraction of sp³-hybridized carbons (Fsp3) is 0.400. The third kappa shape index (κ3) is 2.94. The van der Waals surface area contributed by atoms with Crippen molar-refractivity contribution in [3.63, 3.8) is 0 Å². The number of carbonyl (C=O) groups is 1. The largest absolute Gasteiger partial charge is 0.349 e. The molecule has 2 atom stereocenters. The molecular weight excluding hydrogens is 298 g/mol. The lowest BCUT2D eigenvalue weighted by molar-refractivity contribution is -0.125. The van der Waals surface area contributed by atoms with Gasteiger partial charge in [-0.3, -0.25) is 14.7 Å². The van der Waals surface area contributed by atoms with Crippen LogP contribution in [-0.4, -0.2) is 34.4 Å². The SMILES string of the molecule is O=C1CCC[C@]2(CN(Cc3ccccc3)C[C@H]2c2ccncc2)N1. The fourth-order valence-corrected chi connectivity index (χ4v) is 4.34. The Morgan fingerprint density at radius 3 is 2.71 bits per heavy atom. The molecule has 4 heteroatoms. The summed E-state index contributed by atoms with van der Waals surface area (Å²) in [7, 11) is 0. The van der Waals surface area contributed by atoms with Crippen LogP contribution < -0.4 is 5.32 Å². The number of likely N-dealkylation sites (tertiary alicyclic amines) is 1. The number of hydrogen-bond donors (Lipinski definition) is 1. The van der Waals surface area contributed by atoms with Crippen molar-refractivity contribution < 1.29 is 4.79 Å². The van der Waals surface area contributed by atoms with Crippen LogP contribution in [0.2, 0.25) is 0 Å². The molecule has 2 aliphatic heterocycles. The van der Waals surface area contributed by atoms with E-state index in [0.717, 1.165) is 32.5 Å². The van der Waals surface area contributed by atoms with E-state index in [1.807, 2.05) is 12.4 Å². The maximum atomic E-state index is 12.1. The third-order valence-electron chi connectivity index (χ3n) is 5.39. The summed E-state index contributed by atoms with van der Waals surface area (Å²) in [5.41, 5.74) is 2.47. The van der Waals surface area contributed by atoms with Crippen molar-refractivity contribution >= 4 is 5.91 Å². The van der Waals surface area contributed by atoms with E-state index in [1.54, 1.807) is 0 Å². The summed E-state index contributed by atoms with van der Waals surface area (Å²) in [6.07, 6.45) is 6.40. The van der Waals surface area contributed by atoms with Gasteiger partial charge in [0.15, 0.2) is 0 Å². The van der Waals surface area contributed by atoms with E-state index < -0.39 is 0 Å². The van der Waals surface area contributed by atoms with Gasteiger partial charge in [-0.25, -0.2) is 0 Å². The topological polar surface area (TPSA) is 45.2 Å². The zero-order valence-electron chi connectivity index (χ0n) is 13.8. The maximum Gasteiger partial charge on any atom is 0.220 e. The molecule has 0 radical (unpaired) electrons. The lowest BCUT2D eigenvalue weighted by atomic mass is 9.77. The van der Waals surface area contributed by atoms with Crippen LogP contribution in [-0.2, 0) is 11.3 Å². The number of amides is 1. The molecule has 2 aliphatic rings. The van der Waals surface area contributed by atoms with Crippen molar-refractivity contribution in [3.05, 3.63) is 66.0 Å². The van der Waals surface area contributed by atoms with Gasteiger partial charge in [-0.15, -0.1) is 0 Å².